The first-order valence-corrected chi connectivity index (χ1v) is 9.76. The third-order valence-electron chi connectivity index (χ3n) is 9.28. The summed E-state index contributed by atoms with van der Waals surface area (Å²) >= 11 is 0. The fourth-order valence-electron chi connectivity index (χ4n) is 8.03. The Morgan fingerprint density at radius 1 is 0.917 bits per heavy atom. The molecule has 1 spiro atoms. The molecule has 24 heavy (non-hydrogen) atoms. The van der Waals surface area contributed by atoms with Gasteiger partial charge in [0.15, 0.2) is 0 Å². The minimum Gasteiger partial charge on any atom is -0.396 e. The van der Waals surface area contributed by atoms with Crippen LogP contribution in [0.15, 0.2) is 0 Å². The third kappa shape index (κ3) is 1.84. The SMILES string of the molecule is C[C@@]1(CO)C[C@H](O)C[C@@]2(C)[C@H]1CC[C@@]1(O)CC3C[C@]12CC[C@]3(C)O. The maximum atomic E-state index is 11.7. The van der Waals surface area contributed by atoms with Crippen LogP contribution in [-0.2, 0) is 0 Å². The van der Waals surface area contributed by atoms with Gasteiger partial charge in [0.25, 0.3) is 0 Å². The summed E-state index contributed by atoms with van der Waals surface area (Å²) in [6, 6.07) is 0. The predicted octanol–water partition coefficient (Wildman–Crippen LogP) is 2.23. The van der Waals surface area contributed by atoms with Crippen molar-refractivity contribution in [1.29, 1.82) is 0 Å². The van der Waals surface area contributed by atoms with E-state index in [0.717, 1.165) is 32.1 Å². The van der Waals surface area contributed by atoms with Crippen LogP contribution in [0.5, 0.6) is 0 Å². The van der Waals surface area contributed by atoms with Gasteiger partial charge in [-0.1, -0.05) is 13.8 Å². The molecular weight excluding hydrogens is 304 g/mol. The van der Waals surface area contributed by atoms with Gasteiger partial charge in [-0.3, -0.25) is 0 Å². The van der Waals surface area contributed by atoms with E-state index < -0.39 is 17.3 Å². The van der Waals surface area contributed by atoms with E-state index in [-0.39, 0.29) is 28.8 Å². The van der Waals surface area contributed by atoms with Crippen LogP contribution in [0.2, 0.25) is 0 Å². The van der Waals surface area contributed by atoms with Crippen molar-refractivity contribution < 1.29 is 20.4 Å². The molecule has 0 amide bonds. The lowest BCUT2D eigenvalue weighted by Crippen LogP contribution is -2.66. The summed E-state index contributed by atoms with van der Waals surface area (Å²) in [5, 5.41) is 43.2. The molecule has 0 aromatic rings. The summed E-state index contributed by atoms with van der Waals surface area (Å²) < 4.78 is 0. The first kappa shape index (κ1) is 17.3. The fourth-order valence-corrected chi connectivity index (χ4v) is 8.03. The summed E-state index contributed by atoms with van der Waals surface area (Å²) in [6.07, 6.45) is 5.73. The molecule has 1 unspecified atom stereocenters. The Kier molecular flexibility index (Phi) is 3.42. The largest absolute Gasteiger partial charge is 0.396 e. The Labute approximate surface area is 145 Å². The van der Waals surface area contributed by atoms with Gasteiger partial charge in [-0.2, -0.15) is 0 Å². The van der Waals surface area contributed by atoms with Crippen LogP contribution in [0, 0.1) is 28.1 Å². The van der Waals surface area contributed by atoms with E-state index in [2.05, 4.69) is 13.8 Å². The highest BCUT2D eigenvalue weighted by Crippen LogP contribution is 2.76. The molecule has 4 rings (SSSR count). The Bertz CT molecular complexity index is 548. The van der Waals surface area contributed by atoms with Gasteiger partial charge >= 0.3 is 0 Å². The summed E-state index contributed by atoms with van der Waals surface area (Å²) in [7, 11) is 0. The molecule has 0 heterocycles. The first-order valence-electron chi connectivity index (χ1n) is 9.76. The van der Waals surface area contributed by atoms with E-state index in [9.17, 15) is 20.4 Å². The Morgan fingerprint density at radius 2 is 1.62 bits per heavy atom. The summed E-state index contributed by atoms with van der Waals surface area (Å²) in [5.74, 6) is 0.465. The number of hydrogen-bond acceptors (Lipinski definition) is 4. The lowest BCUT2D eigenvalue weighted by atomic mass is 9.38. The van der Waals surface area contributed by atoms with Gasteiger partial charge in [-0.15, -0.1) is 0 Å². The summed E-state index contributed by atoms with van der Waals surface area (Å²) in [6.45, 7) is 6.41. The van der Waals surface area contributed by atoms with Crippen LogP contribution < -0.4 is 0 Å². The van der Waals surface area contributed by atoms with Crippen LogP contribution in [0.4, 0.5) is 0 Å². The topological polar surface area (TPSA) is 80.9 Å². The summed E-state index contributed by atoms with van der Waals surface area (Å²) in [4.78, 5) is 0. The van der Waals surface area contributed by atoms with E-state index in [0.29, 0.717) is 25.2 Å². The van der Waals surface area contributed by atoms with E-state index in [1.807, 2.05) is 6.92 Å². The molecule has 4 N–H and O–H groups in total. The first-order chi connectivity index (χ1) is 11.0. The van der Waals surface area contributed by atoms with Crippen LogP contribution in [0.3, 0.4) is 0 Å². The lowest BCUT2D eigenvalue weighted by molar-refractivity contribution is -0.251. The molecule has 4 aliphatic rings. The smallest absolute Gasteiger partial charge is 0.0713 e. The average molecular weight is 338 g/mol. The predicted molar refractivity (Wildman–Crippen MR) is 91.2 cm³/mol. The van der Waals surface area contributed by atoms with Crippen molar-refractivity contribution >= 4 is 0 Å². The van der Waals surface area contributed by atoms with E-state index in [1.165, 1.54) is 0 Å². The molecule has 0 saturated heterocycles. The molecule has 4 heteroatoms. The molecule has 138 valence electrons. The number of fused-ring (bicyclic) bond motifs is 2. The van der Waals surface area contributed by atoms with Gasteiger partial charge in [0.2, 0.25) is 0 Å². The molecule has 0 aromatic carbocycles. The van der Waals surface area contributed by atoms with Gasteiger partial charge in [-0.05, 0) is 81.0 Å². The Hall–Kier alpha value is -0.160. The van der Waals surface area contributed by atoms with Crippen molar-refractivity contribution in [1.82, 2.24) is 0 Å². The third-order valence-corrected chi connectivity index (χ3v) is 9.28. The monoisotopic (exact) mass is 338 g/mol. The molecule has 0 aromatic heterocycles. The van der Waals surface area contributed by atoms with E-state index in [1.54, 1.807) is 0 Å². The second kappa shape index (κ2) is 4.76. The molecular formula is C20H34O4. The van der Waals surface area contributed by atoms with Gasteiger partial charge in [0.1, 0.15) is 0 Å². The highest BCUT2D eigenvalue weighted by Gasteiger charge is 2.74. The normalized spacial score (nSPS) is 62.9. The minimum absolute atomic E-state index is 0.0972. The molecule has 4 nitrogen and oxygen atoms in total. The maximum Gasteiger partial charge on any atom is 0.0713 e. The Morgan fingerprint density at radius 3 is 2.29 bits per heavy atom. The minimum atomic E-state index is -0.725. The zero-order valence-electron chi connectivity index (χ0n) is 15.4. The van der Waals surface area contributed by atoms with Crippen molar-refractivity contribution in [2.24, 2.45) is 28.1 Å². The fraction of sp³-hybridized carbons (Fsp3) is 1.00. The van der Waals surface area contributed by atoms with Crippen LogP contribution >= 0.6 is 0 Å². The number of aliphatic hydroxyl groups is 4. The molecule has 2 bridgehead atoms. The highest BCUT2D eigenvalue weighted by molar-refractivity contribution is 5.24. The second-order valence-electron chi connectivity index (χ2n) is 10.5. The van der Waals surface area contributed by atoms with E-state index in [4.69, 9.17) is 0 Å². The molecule has 0 radical (unpaired) electrons. The van der Waals surface area contributed by atoms with Gasteiger partial charge in [0, 0.05) is 12.0 Å². The van der Waals surface area contributed by atoms with Crippen molar-refractivity contribution in [3.63, 3.8) is 0 Å². The van der Waals surface area contributed by atoms with Gasteiger partial charge in [0.05, 0.1) is 17.3 Å². The molecule has 4 aliphatic carbocycles. The van der Waals surface area contributed by atoms with E-state index >= 15 is 0 Å². The van der Waals surface area contributed by atoms with Crippen molar-refractivity contribution in [3.05, 3.63) is 0 Å². The van der Waals surface area contributed by atoms with Crippen molar-refractivity contribution in [2.45, 2.75) is 89.4 Å². The standard InChI is InChI=1S/C20H34O4/c1-16(12-21)10-14(22)11-17(2)15(16)4-5-20(24)9-13-8-19(17,20)7-6-18(13,3)23/h13-15,21-24H,4-12H2,1-3H3/t13?,14-,15-,16-,17-,18-,19-,20+/m0/s1. The van der Waals surface area contributed by atoms with Gasteiger partial charge < -0.3 is 20.4 Å². The second-order valence-corrected chi connectivity index (χ2v) is 10.5. The Balaban J connectivity index is 1.83. The average Bonchev–Trinajstić information content (AvgIpc) is 2.76. The number of rotatable bonds is 1. The van der Waals surface area contributed by atoms with Crippen LogP contribution in [-0.4, -0.2) is 44.3 Å². The molecule has 8 atom stereocenters. The maximum absolute atomic E-state index is 11.7. The summed E-state index contributed by atoms with van der Waals surface area (Å²) in [5.41, 5.74) is -2.09. The van der Waals surface area contributed by atoms with Crippen LogP contribution in [0.1, 0.15) is 72.1 Å². The zero-order chi connectivity index (χ0) is 17.6. The molecule has 4 saturated carbocycles. The number of hydrogen-bond donors (Lipinski definition) is 4. The zero-order valence-corrected chi connectivity index (χ0v) is 15.4. The quantitative estimate of drug-likeness (QED) is 0.591. The molecule has 4 fully saturated rings. The lowest BCUT2D eigenvalue weighted by Gasteiger charge is -2.68. The van der Waals surface area contributed by atoms with Crippen molar-refractivity contribution in [2.75, 3.05) is 6.61 Å². The van der Waals surface area contributed by atoms with Crippen LogP contribution in [0.25, 0.3) is 0 Å². The van der Waals surface area contributed by atoms with Crippen molar-refractivity contribution in [3.8, 4) is 0 Å². The van der Waals surface area contributed by atoms with Gasteiger partial charge in [-0.25, -0.2) is 0 Å². The number of aliphatic hydroxyl groups excluding tert-OH is 2. The molecule has 0 aliphatic heterocycles. The highest BCUT2D eigenvalue weighted by atomic mass is 16.3.